The molecule has 0 aliphatic carbocycles. The summed E-state index contributed by atoms with van der Waals surface area (Å²) < 4.78 is 5.09. The van der Waals surface area contributed by atoms with E-state index in [-0.39, 0.29) is 5.91 Å². The van der Waals surface area contributed by atoms with E-state index in [2.05, 4.69) is 10.3 Å². The summed E-state index contributed by atoms with van der Waals surface area (Å²) in [6.07, 6.45) is 4.17. The zero-order chi connectivity index (χ0) is 14.4. The van der Waals surface area contributed by atoms with Crippen LogP contribution in [0.15, 0.2) is 42.7 Å². The van der Waals surface area contributed by atoms with Gasteiger partial charge in [-0.25, -0.2) is 0 Å². The van der Waals surface area contributed by atoms with Gasteiger partial charge >= 0.3 is 0 Å². The fourth-order valence-electron chi connectivity index (χ4n) is 1.78. The van der Waals surface area contributed by atoms with Crippen molar-refractivity contribution in [1.29, 1.82) is 0 Å². The zero-order valence-electron chi connectivity index (χ0n) is 11.3. The normalized spacial score (nSPS) is 10.1. The lowest BCUT2D eigenvalue weighted by molar-refractivity contribution is -0.116. The number of hydrogen-bond donors (Lipinski definition) is 2. The lowest BCUT2D eigenvalue weighted by Crippen LogP contribution is -2.13. The van der Waals surface area contributed by atoms with Crippen LogP contribution in [0.3, 0.4) is 0 Å². The number of hydrogen-bond acceptors (Lipinski definition) is 4. The number of amides is 1. The van der Waals surface area contributed by atoms with E-state index in [1.54, 1.807) is 19.4 Å². The van der Waals surface area contributed by atoms with Gasteiger partial charge < -0.3 is 15.8 Å². The average molecular weight is 271 g/mol. The van der Waals surface area contributed by atoms with Crippen LogP contribution in [0.4, 0.5) is 11.4 Å². The third-order valence-electron chi connectivity index (χ3n) is 2.93. The van der Waals surface area contributed by atoms with Crippen molar-refractivity contribution in [2.45, 2.75) is 12.8 Å². The number of anilines is 2. The van der Waals surface area contributed by atoms with Crippen LogP contribution >= 0.6 is 0 Å². The first-order chi connectivity index (χ1) is 9.69. The predicted molar refractivity (Wildman–Crippen MR) is 78.6 cm³/mol. The number of carbonyl (C=O) groups excluding carboxylic acids is 1. The molecule has 2 aromatic rings. The summed E-state index contributed by atoms with van der Waals surface area (Å²) in [5, 5.41) is 2.77. The van der Waals surface area contributed by atoms with Crippen LogP contribution in [0.5, 0.6) is 5.75 Å². The van der Waals surface area contributed by atoms with Gasteiger partial charge in [-0.15, -0.1) is 0 Å². The van der Waals surface area contributed by atoms with Crippen molar-refractivity contribution in [3.63, 3.8) is 0 Å². The molecule has 3 N–H and O–H groups in total. The molecular formula is C15H17N3O2. The van der Waals surface area contributed by atoms with Crippen LogP contribution in [0.2, 0.25) is 0 Å². The number of aromatic nitrogens is 1. The van der Waals surface area contributed by atoms with E-state index < -0.39 is 0 Å². The number of pyridine rings is 1. The molecule has 5 heteroatoms. The Labute approximate surface area is 117 Å². The van der Waals surface area contributed by atoms with E-state index in [1.807, 2.05) is 24.3 Å². The monoisotopic (exact) mass is 271 g/mol. The molecule has 0 aliphatic rings. The molecule has 20 heavy (non-hydrogen) atoms. The van der Waals surface area contributed by atoms with Crippen LogP contribution in [0.1, 0.15) is 12.0 Å². The first-order valence-electron chi connectivity index (χ1n) is 6.31. The molecule has 0 saturated carbocycles. The molecule has 0 atom stereocenters. The minimum absolute atomic E-state index is 0.0706. The number of nitrogens with two attached hydrogens (primary N) is 1. The van der Waals surface area contributed by atoms with E-state index in [0.717, 1.165) is 11.3 Å². The van der Waals surface area contributed by atoms with Crippen molar-refractivity contribution in [3.05, 3.63) is 48.3 Å². The van der Waals surface area contributed by atoms with Crippen LogP contribution in [0.25, 0.3) is 0 Å². The van der Waals surface area contributed by atoms with Crippen LogP contribution in [0, 0.1) is 0 Å². The molecule has 0 spiro atoms. The minimum atomic E-state index is -0.0706. The molecule has 1 amide bonds. The third kappa shape index (κ3) is 3.71. The van der Waals surface area contributed by atoms with E-state index in [1.165, 1.54) is 6.20 Å². The molecule has 1 aromatic heterocycles. The summed E-state index contributed by atoms with van der Waals surface area (Å²) in [7, 11) is 1.63. The lowest BCUT2D eigenvalue weighted by Gasteiger charge is -2.07. The van der Waals surface area contributed by atoms with E-state index >= 15 is 0 Å². The van der Waals surface area contributed by atoms with Gasteiger partial charge in [0, 0.05) is 12.6 Å². The van der Waals surface area contributed by atoms with Gasteiger partial charge in [0.25, 0.3) is 0 Å². The van der Waals surface area contributed by atoms with Crippen molar-refractivity contribution in [1.82, 2.24) is 4.98 Å². The number of nitrogens with zero attached hydrogens (tertiary/aromatic N) is 1. The van der Waals surface area contributed by atoms with Gasteiger partial charge in [0.2, 0.25) is 5.91 Å². The maximum Gasteiger partial charge on any atom is 0.224 e. The fraction of sp³-hybridized carbons (Fsp3) is 0.200. The largest absolute Gasteiger partial charge is 0.497 e. The number of benzene rings is 1. The van der Waals surface area contributed by atoms with Gasteiger partial charge in [-0.05, 0) is 30.2 Å². The predicted octanol–water partition coefficient (Wildman–Crippen LogP) is 2.24. The molecule has 1 aromatic carbocycles. The maximum atomic E-state index is 11.8. The van der Waals surface area contributed by atoms with Gasteiger partial charge in [0.1, 0.15) is 5.75 Å². The summed E-state index contributed by atoms with van der Waals surface area (Å²) >= 11 is 0. The summed E-state index contributed by atoms with van der Waals surface area (Å²) in [5.41, 5.74) is 7.86. The zero-order valence-corrected chi connectivity index (χ0v) is 11.3. The lowest BCUT2D eigenvalue weighted by atomic mass is 10.1. The number of nitrogens with one attached hydrogen (secondary N) is 1. The smallest absolute Gasteiger partial charge is 0.224 e. The molecule has 5 nitrogen and oxygen atoms in total. The second-order valence-electron chi connectivity index (χ2n) is 4.36. The number of nitrogen functional groups attached to an aromatic ring is 1. The van der Waals surface area contributed by atoms with Crippen molar-refractivity contribution >= 4 is 17.3 Å². The van der Waals surface area contributed by atoms with Crippen molar-refractivity contribution in [3.8, 4) is 5.75 Å². The Balaban J connectivity index is 1.87. The molecule has 2 rings (SSSR count). The standard InChI is InChI=1S/C15H17N3O2/c1-20-12-5-2-11(3-6-12)4-7-15(19)18-14-8-9-17-10-13(14)16/h2-3,5-6,8-10H,4,7,16H2,1H3,(H,17,18,19). The number of ether oxygens (including phenoxy) is 1. The summed E-state index contributed by atoms with van der Waals surface area (Å²) in [6.45, 7) is 0. The number of aryl methyl sites for hydroxylation is 1. The molecule has 0 unspecified atom stereocenters. The Hall–Kier alpha value is -2.56. The van der Waals surface area contributed by atoms with E-state index in [4.69, 9.17) is 10.5 Å². The summed E-state index contributed by atoms with van der Waals surface area (Å²) in [4.78, 5) is 15.7. The molecule has 0 radical (unpaired) electrons. The Bertz CT molecular complexity index is 582. The van der Waals surface area contributed by atoms with E-state index in [0.29, 0.717) is 24.2 Å². The summed E-state index contributed by atoms with van der Waals surface area (Å²) in [6, 6.07) is 9.35. The van der Waals surface area contributed by atoms with Crippen LogP contribution in [-0.4, -0.2) is 18.0 Å². The number of carbonyl (C=O) groups is 1. The molecule has 0 aliphatic heterocycles. The van der Waals surface area contributed by atoms with E-state index in [9.17, 15) is 4.79 Å². The van der Waals surface area contributed by atoms with Crippen molar-refractivity contribution < 1.29 is 9.53 Å². The first-order valence-corrected chi connectivity index (χ1v) is 6.31. The quantitative estimate of drug-likeness (QED) is 0.874. The van der Waals surface area contributed by atoms with Crippen molar-refractivity contribution in [2.24, 2.45) is 0 Å². The Kier molecular flexibility index (Phi) is 4.55. The molecule has 0 fully saturated rings. The molecule has 104 valence electrons. The molecular weight excluding hydrogens is 254 g/mol. The Morgan fingerprint density at radius 1 is 1.30 bits per heavy atom. The fourth-order valence-corrected chi connectivity index (χ4v) is 1.78. The third-order valence-corrected chi connectivity index (χ3v) is 2.93. The summed E-state index contributed by atoms with van der Waals surface area (Å²) in [5.74, 6) is 0.737. The second-order valence-corrected chi connectivity index (χ2v) is 4.36. The van der Waals surface area contributed by atoms with Crippen LogP contribution in [-0.2, 0) is 11.2 Å². The highest BCUT2D eigenvalue weighted by Gasteiger charge is 2.05. The SMILES string of the molecule is COc1ccc(CCC(=O)Nc2ccncc2N)cc1. The highest BCUT2D eigenvalue weighted by Crippen LogP contribution is 2.16. The van der Waals surface area contributed by atoms with Crippen molar-refractivity contribution in [2.75, 3.05) is 18.2 Å². The maximum absolute atomic E-state index is 11.8. The van der Waals surface area contributed by atoms with Gasteiger partial charge in [-0.1, -0.05) is 12.1 Å². The molecule has 1 heterocycles. The first kappa shape index (κ1) is 13.9. The van der Waals surface area contributed by atoms with Gasteiger partial charge in [-0.2, -0.15) is 0 Å². The average Bonchev–Trinajstić information content (AvgIpc) is 2.48. The van der Waals surface area contributed by atoms with Gasteiger partial charge in [0.05, 0.1) is 24.7 Å². The van der Waals surface area contributed by atoms with Crippen LogP contribution < -0.4 is 15.8 Å². The van der Waals surface area contributed by atoms with Gasteiger partial charge in [-0.3, -0.25) is 9.78 Å². The molecule has 0 bridgehead atoms. The topological polar surface area (TPSA) is 77.2 Å². The Morgan fingerprint density at radius 3 is 2.70 bits per heavy atom. The highest BCUT2D eigenvalue weighted by atomic mass is 16.5. The Morgan fingerprint density at radius 2 is 2.05 bits per heavy atom. The van der Waals surface area contributed by atoms with Gasteiger partial charge in [0.15, 0.2) is 0 Å². The highest BCUT2D eigenvalue weighted by molar-refractivity contribution is 5.93. The molecule has 0 saturated heterocycles. The number of rotatable bonds is 5. The second kappa shape index (κ2) is 6.56. The number of methoxy groups -OCH3 is 1. The minimum Gasteiger partial charge on any atom is -0.497 e.